The fourth-order valence-electron chi connectivity index (χ4n) is 1.57. The minimum Gasteiger partial charge on any atom is -0.480 e. The lowest BCUT2D eigenvalue weighted by molar-refractivity contribution is -0.138. The Balaban J connectivity index is 0.00000169. The second-order valence-electron chi connectivity index (χ2n) is 3.58. The van der Waals surface area contributed by atoms with Gasteiger partial charge in [0.2, 0.25) is 0 Å². The zero-order chi connectivity index (χ0) is 9.68. The highest BCUT2D eigenvalue weighted by Gasteiger charge is 2.17. The third kappa shape index (κ3) is 4.79. The maximum absolute atomic E-state index is 10.4. The van der Waals surface area contributed by atoms with Gasteiger partial charge in [0.15, 0.2) is 0 Å². The van der Waals surface area contributed by atoms with Gasteiger partial charge in [0, 0.05) is 13.2 Å². The van der Waals surface area contributed by atoms with Crippen LogP contribution in [0, 0.1) is 5.92 Å². The van der Waals surface area contributed by atoms with Crippen LogP contribution in [0.3, 0.4) is 0 Å². The molecule has 1 unspecified atom stereocenters. The second-order valence-corrected chi connectivity index (χ2v) is 3.58. The zero-order valence-corrected chi connectivity index (χ0v) is 8.96. The van der Waals surface area contributed by atoms with Crippen LogP contribution in [0.15, 0.2) is 0 Å². The normalized spacial score (nSPS) is 19.8. The van der Waals surface area contributed by atoms with E-state index in [1.165, 1.54) is 0 Å². The Kier molecular flexibility index (Phi) is 6.87. The van der Waals surface area contributed by atoms with Gasteiger partial charge in [-0.25, -0.2) is 0 Å². The molecule has 1 aliphatic rings. The van der Waals surface area contributed by atoms with Crippen LogP contribution in [0.2, 0.25) is 0 Å². The minimum atomic E-state index is -0.896. The number of hydrogen-bond acceptors (Lipinski definition) is 3. The van der Waals surface area contributed by atoms with E-state index < -0.39 is 12.0 Å². The molecule has 0 amide bonds. The van der Waals surface area contributed by atoms with Gasteiger partial charge in [0.1, 0.15) is 6.04 Å². The summed E-state index contributed by atoms with van der Waals surface area (Å²) in [5.41, 5.74) is 5.40. The molecule has 1 atom stereocenters. The van der Waals surface area contributed by atoms with Gasteiger partial charge >= 0.3 is 5.97 Å². The number of halogens is 1. The Morgan fingerprint density at radius 2 is 2.07 bits per heavy atom. The number of carboxylic acid groups (broad SMARTS) is 1. The summed E-state index contributed by atoms with van der Waals surface area (Å²) in [6.07, 6.45) is 3.59. The third-order valence-electron chi connectivity index (χ3n) is 2.54. The molecule has 0 saturated carbocycles. The summed E-state index contributed by atoms with van der Waals surface area (Å²) in [6.45, 7) is 1.62. The topological polar surface area (TPSA) is 72.5 Å². The van der Waals surface area contributed by atoms with Gasteiger partial charge < -0.3 is 15.6 Å². The van der Waals surface area contributed by atoms with Crippen LogP contribution in [0.25, 0.3) is 0 Å². The number of nitrogens with two attached hydrogens (primary N) is 1. The summed E-state index contributed by atoms with van der Waals surface area (Å²) in [4.78, 5) is 10.4. The molecule has 1 aliphatic heterocycles. The molecule has 1 saturated heterocycles. The van der Waals surface area contributed by atoms with Crippen LogP contribution in [0.4, 0.5) is 0 Å². The molecule has 0 aromatic carbocycles. The first-order chi connectivity index (χ1) is 6.20. The lowest BCUT2D eigenvalue weighted by Crippen LogP contribution is -2.31. The van der Waals surface area contributed by atoms with Crippen molar-refractivity contribution in [3.63, 3.8) is 0 Å². The van der Waals surface area contributed by atoms with Gasteiger partial charge in [0.25, 0.3) is 0 Å². The van der Waals surface area contributed by atoms with E-state index in [0.717, 1.165) is 32.5 Å². The number of carbonyl (C=O) groups is 1. The van der Waals surface area contributed by atoms with Crippen molar-refractivity contribution in [3.05, 3.63) is 0 Å². The third-order valence-corrected chi connectivity index (χ3v) is 2.54. The highest BCUT2D eigenvalue weighted by molar-refractivity contribution is 5.85. The van der Waals surface area contributed by atoms with E-state index >= 15 is 0 Å². The largest absolute Gasteiger partial charge is 0.480 e. The molecule has 0 radical (unpaired) electrons. The molecule has 0 aromatic heterocycles. The summed E-state index contributed by atoms with van der Waals surface area (Å²) < 4.78 is 5.21. The molecule has 14 heavy (non-hydrogen) atoms. The van der Waals surface area contributed by atoms with E-state index in [4.69, 9.17) is 15.6 Å². The van der Waals surface area contributed by atoms with E-state index in [2.05, 4.69) is 0 Å². The van der Waals surface area contributed by atoms with Crippen LogP contribution in [0.5, 0.6) is 0 Å². The Morgan fingerprint density at radius 1 is 1.50 bits per heavy atom. The molecule has 0 spiro atoms. The summed E-state index contributed by atoms with van der Waals surface area (Å²) in [5.74, 6) is -0.286. The molecule has 1 rings (SSSR count). The van der Waals surface area contributed by atoms with Gasteiger partial charge in [-0.3, -0.25) is 4.79 Å². The Bertz CT molecular complexity index is 171. The van der Waals surface area contributed by atoms with Crippen LogP contribution < -0.4 is 5.73 Å². The molecule has 4 nitrogen and oxygen atoms in total. The van der Waals surface area contributed by atoms with Crippen LogP contribution in [0.1, 0.15) is 25.7 Å². The quantitative estimate of drug-likeness (QED) is 0.747. The first-order valence-corrected chi connectivity index (χ1v) is 4.76. The first kappa shape index (κ1) is 13.7. The van der Waals surface area contributed by atoms with Gasteiger partial charge in [-0.15, -0.1) is 12.4 Å². The monoisotopic (exact) mass is 223 g/mol. The van der Waals surface area contributed by atoms with Crippen molar-refractivity contribution in [2.24, 2.45) is 11.7 Å². The van der Waals surface area contributed by atoms with E-state index in [1.807, 2.05) is 0 Å². The van der Waals surface area contributed by atoms with Crippen molar-refractivity contribution in [1.82, 2.24) is 0 Å². The summed E-state index contributed by atoms with van der Waals surface area (Å²) in [6, 6.07) is -0.692. The van der Waals surface area contributed by atoms with Crippen molar-refractivity contribution in [1.29, 1.82) is 0 Å². The summed E-state index contributed by atoms with van der Waals surface area (Å²) in [7, 11) is 0. The standard InChI is InChI=1S/C9H17NO3.ClH/c10-8(9(11)12)2-1-7-3-5-13-6-4-7;/h7-8H,1-6,10H2,(H,11,12);1H. The maximum Gasteiger partial charge on any atom is 0.320 e. The lowest BCUT2D eigenvalue weighted by atomic mass is 9.93. The van der Waals surface area contributed by atoms with E-state index in [1.54, 1.807) is 0 Å². The smallest absolute Gasteiger partial charge is 0.320 e. The highest BCUT2D eigenvalue weighted by atomic mass is 35.5. The number of carboxylic acids is 1. The number of ether oxygens (including phenoxy) is 1. The van der Waals surface area contributed by atoms with Crippen LogP contribution in [-0.2, 0) is 9.53 Å². The van der Waals surface area contributed by atoms with Crippen LogP contribution in [-0.4, -0.2) is 30.3 Å². The van der Waals surface area contributed by atoms with Gasteiger partial charge in [-0.1, -0.05) is 0 Å². The molecule has 1 heterocycles. The average Bonchev–Trinajstić information content (AvgIpc) is 2.15. The number of aliphatic carboxylic acids is 1. The second kappa shape index (κ2) is 7.04. The Hall–Kier alpha value is -0.320. The van der Waals surface area contributed by atoms with Crippen molar-refractivity contribution in [2.75, 3.05) is 13.2 Å². The molecule has 5 heteroatoms. The zero-order valence-electron chi connectivity index (χ0n) is 8.15. The van der Waals surface area contributed by atoms with Crippen LogP contribution >= 0.6 is 12.4 Å². The van der Waals surface area contributed by atoms with Gasteiger partial charge in [-0.2, -0.15) is 0 Å². The fraction of sp³-hybridized carbons (Fsp3) is 0.889. The van der Waals surface area contributed by atoms with Gasteiger partial charge in [0.05, 0.1) is 0 Å². The molecule has 3 N–H and O–H groups in total. The highest BCUT2D eigenvalue weighted by Crippen LogP contribution is 2.20. The first-order valence-electron chi connectivity index (χ1n) is 4.76. The number of rotatable bonds is 4. The van der Waals surface area contributed by atoms with E-state index in [-0.39, 0.29) is 12.4 Å². The van der Waals surface area contributed by atoms with Crippen molar-refractivity contribution in [2.45, 2.75) is 31.7 Å². The lowest BCUT2D eigenvalue weighted by Gasteiger charge is -2.22. The molecular formula is C9H18ClNO3. The minimum absolute atomic E-state index is 0. The molecule has 0 bridgehead atoms. The summed E-state index contributed by atoms with van der Waals surface area (Å²) in [5, 5.41) is 8.56. The Morgan fingerprint density at radius 3 is 2.57 bits per heavy atom. The van der Waals surface area contributed by atoms with E-state index in [0.29, 0.717) is 12.3 Å². The predicted octanol–water partition coefficient (Wildman–Crippen LogP) is 1.03. The van der Waals surface area contributed by atoms with Crippen molar-refractivity contribution in [3.8, 4) is 0 Å². The SMILES string of the molecule is Cl.NC(CCC1CCOCC1)C(=O)O. The maximum atomic E-state index is 10.4. The Labute approximate surface area is 90.2 Å². The number of hydrogen-bond donors (Lipinski definition) is 2. The molecule has 1 fully saturated rings. The van der Waals surface area contributed by atoms with Crippen molar-refractivity contribution >= 4 is 18.4 Å². The predicted molar refractivity (Wildman–Crippen MR) is 55.6 cm³/mol. The molecule has 0 aromatic rings. The fourth-order valence-corrected chi connectivity index (χ4v) is 1.57. The molecule has 84 valence electrons. The molecular weight excluding hydrogens is 206 g/mol. The van der Waals surface area contributed by atoms with Gasteiger partial charge in [-0.05, 0) is 31.6 Å². The summed E-state index contributed by atoms with van der Waals surface area (Å²) >= 11 is 0. The van der Waals surface area contributed by atoms with E-state index in [9.17, 15) is 4.79 Å². The molecule has 0 aliphatic carbocycles. The van der Waals surface area contributed by atoms with Crippen molar-refractivity contribution < 1.29 is 14.6 Å². The average molecular weight is 224 g/mol.